The Kier molecular flexibility index (Phi) is 4.12. The van der Waals surface area contributed by atoms with Crippen LogP contribution < -0.4 is 10.9 Å². The van der Waals surface area contributed by atoms with Gasteiger partial charge in [0.2, 0.25) is 0 Å². The summed E-state index contributed by atoms with van der Waals surface area (Å²) in [7, 11) is 0. The van der Waals surface area contributed by atoms with Crippen LogP contribution in [0.3, 0.4) is 0 Å². The van der Waals surface area contributed by atoms with Crippen LogP contribution in [0.5, 0.6) is 0 Å². The van der Waals surface area contributed by atoms with E-state index in [0.29, 0.717) is 21.8 Å². The van der Waals surface area contributed by atoms with E-state index in [4.69, 9.17) is 4.42 Å². The van der Waals surface area contributed by atoms with Gasteiger partial charge in [-0.15, -0.1) is 11.3 Å². The summed E-state index contributed by atoms with van der Waals surface area (Å²) in [4.78, 5) is 25.6. The smallest absolute Gasteiger partial charge is 0.345 e. The van der Waals surface area contributed by atoms with Gasteiger partial charge in [0.15, 0.2) is 0 Å². The van der Waals surface area contributed by atoms with E-state index >= 15 is 0 Å². The standard InChI is InChI=1S/C20H21NO3S/c1-11-7-8-16-13(9-11)18-14(20(23)24-16)10-17(25-18)19(22)21-15-6-4-3-5-12(15)2/h7-10,12,15H,3-6H2,1-2H3,(H,21,22)/t12-,15+/m1/s1. The van der Waals surface area contributed by atoms with Crippen molar-refractivity contribution in [3.63, 3.8) is 0 Å². The molecule has 4 nitrogen and oxygen atoms in total. The molecule has 5 heteroatoms. The van der Waals surface area contributed by atoms with Gasteiger partial charge >= 0.3 is 5.63 Å². The zero-order valence-electron chi connectivity index (χ0n) is 14.4. The Balaban J connectivity index is 1.74. The van der Waals surface area contributed by atoms with Crippen molar-refractivity contribution in [1.82, 2.24) is 5.32 Å². The molecule has 4 rings (SSSR count). The molecule has 0 unspecified atom stereocenters. The minimum atomic E-state index is -0.382. The second-order valence-corrected chi connectivity index (χ2v) is 8.14. The summed E-state index contributed by atoms with van der Waals surface area (Å²) < 4.78 is 6.24. The molecule has 1 saturated carbocycles. The third kappa shape index (κ3) is 2.97. The second-order valence-electron chi connectivity index (χ2n) is 7.08. The van der Waals surface area contributed by atoms with Crippen molar-refractivity contribution in [3.05, 3.63) is 45.1 Å². The summed E-state index contributed by atoms with van der Waals surface area (Å²) in [6.45, 7) is 4.20. The van der Waals surface area contributed by atoms with Crippen molar-refractivity contribution in [2.24, 2.45) is 5.92 Å². The number of hydrogen-bond acceptors (Lipinski definition) is 4. The SMILES string of the molecule is Cc1ccc2oc(=O)c3cc(C(=O)N[C@H]4CCCC[C@H]4C)sc3c2c1. The van der Waals surface area contributed by atoms with Gasteiger partial charge in [0.25, 0.3) is 5.91 Å². The largest absolute Gasteiger partial charge is 0.422 e. The summed E-state index contributed by atoms with van der Waals surface area (Å²) in [6.07, 6.45) is 4.59. The van der Waals surface area contributed by atoms with Crippen molar-refractivity contribution in [2.45, 2.75) is 45.6 Å². The number of nitrogens with one attached hydrogen (secondary N) is 1. The quantitative estimate of drug-likeness (QED) is 0.682. The number of fused-ring (bicyclic) bond motifs is 3. The third-order valence-electron chi connectivity index (χ3n) is 5.19. The molecule has 1 aliphatic rings. The van der Waals surface area contributed by atoms with Crippen LogP contribution >= 0.6 is 11.3 Å². The van der Waals surface area contributed by atoms with Crippen molar-refractivity contribution in [3.8, 4) is 0 Å². The first-order valence-corrected chi connectivity index (χ1v) is 9.62. The van der Waals surface area contributed by atoms with E-state index in [-0.39, 0.29) is 17.6 Å². The monoisotopic (exact) mass is 355 g/mol. The molecule has 130 valence electrons. The summed E-state index contributed by atoms with van der Waals surface area (Å²) in [5.41, 5.74) is 1.28. The summed E-state index contributed by atoms with van der Waals surface area (Å²) in [5.74, 6) is 0.417. The first-order chi connectivity index (χ1) is 12.0. The number of amides is 1. The number of hydrogen-bond donors (Lipinski definition) is 1. The molecule has 1 aliphatic carbocycles. The van der Waals surface area contributed by atoms with Gasteiger partial charge in [0, 0.05) is 11.4 Å². The van der Waals surface area contributed by atoms with E-state index in [1.165, 1.54) is 17.8 Å². The molecule has 1 fully saturated rings. The van der Waals surface area contributed by atoms with Crippen LogP contribution in [0.4, 0.5) is 0 Å². The fraction of sp³-hybridized carbons (Fsp3) is 0.400. The third-order valence-corrected chi connectivity index (χ3v) is 6.35. The van der Waals surface area contributed by atoms with Crippen LogP contribution in [0.15, 0.2) is 33.5 Å². The average molecular weight is 355 g/mol. The molecule has 2 atom stereocenters. The molecule has 1 N–H and O–H groups in total. The topological polar surface area (TPSA) is 59.3 Å². The van der Waals surface area contributed by atoms with Crippen LogP contribution in [0.25, 0.3) is 21.1 Å². The van der Waals surface area contributed by atoms with E-state index in [1.54, 1.807) is 6.07 Å². The highest BCUT2D eigenvalue weighted by atomic mass is 32.1. The molecule has 2 aromatic heterocycles. The van der Waals surface area contributed by atoms with Crippen LogP contribution in [-0.4, -0.2) is 11.9 Å². The van der Waals surface area contributed by atoms with Crippen molar-refractivity contribution < 1.29 is 9.21 Å². The first-order valence-electron chi connectivity index (χ1n) is 8.81. The molecular weight excluding hydrogens is 334 g/mol. The minimum Gasteiger partial charge on any atom is -0.422 e. The Morgan fingerprint density at radius 3 is 2.80 bits per heavy atom. The molecule has 1 amide bonds. The Labute approximate surface area is 149 Å². The summed E-state index contributed by atoms with van der Waals surface area (Å²) >= 11 is 1.38. The molecule has 25 heavy (non-hydrogen) atoms. The van der Waals surface area contributed by atoms with Crippen LogP contribution in [0.1, 0.15) is 47.8 Å². The van der Waals surface area contributed by atoms with E-state index in [2.05, 4.69) is 12.2 Å². The molecule has 1 aromatic carbocycles. The van der Waals surface area contributed by atoms with Gasteiger partial charge in [-0.1, -0.05) is 31.4 Å². The van der Waals surface area contributed by atoms with E-state index in [9.17, 15) is 9.59 Å². The number of thiophene rings is 1. The maximum atomic E-state index is 12.7. The van der Waals surface area contributed by atoms with Gasteiger partial charge in [-0.05, 0) is 43.9 Å². The summed E-state index contributed by atoms with van der Waals surface area (Å²) in [6, 6.07) is 7.64. The molecular formula is C20H21NO3S. The second kappa shape index (κ2) is 6.30. The maximum absolute atomic E-state index is 12.7. The predicted molar refractivity (Wildman–Crippen MR) is 101 cm³/mol. The van der Waals surface area contributed by atoms with Crippen molar-refractivity contribution >= 4 is 38.3 Å². The lowest BCUT2D eigenvalue weighted by Crippen LogP contribution is -2.40. The predicted octanol–water partition coefficient (Wildman–Crippen LogP) is 4.62. The highest BCUT2D eigenvalue weighted by molar-refractivity contribution is 7.21. The first kappa shape index (κ1) is 16.3. The fourth-order valence-electron chi connectivity index (χ4n) is 3.69. The molecule has 0 aliphatic heterocycles. The number of carbonyl (C=O) groups excluding carboxylic acids is 1. The Morgan fingerprint density at radius 1 is 1.20 bits per heavy atom. The van der Waals surface area contributed by atoms with E-state index < -0.39 is 0 Å². The minimum absolute atomic E-state index is 0.0832. The maximum Gasteiger partial charge on any atom is 0.345 e. The van der Waals surface area contributed by atoms with E-state index in [1.807, 2.05) is 25.1 Å². The zero-order chi connectivity index (χ0) is 17.6. The fourth-order valence-corrected chi connectivity index (χ4v) is 4.76. The zero-order valence-corrected chi connectivity index (χ0v) is 15.2. The number of rotatable bonds is 2. The van der Waals surface area contributed by atoms with Crippen molar-refractivity contribution in [2.75, 3.05) is 0 Å². The molecule has 2 heterocycles. The van der Waals surface area contributed by atoms with Gasteiger partial charge in [0.05, 0.1) is 15.0 Å². The number of aryl methyl sites for hydroxylation is 1. The van der Waals surface area contributed by atoms with Crippen LogP contribution in [0, 0.1) is 12.8 Å². The molecule has 3 aromatic rings. The van der Waals surface area contributed by atoms with Gasteiger partial charge in [0.1, 0.15) is 5.58 Å². The molecule has 0 bridgehead atoms. The average Bonchev–Trinajstić information content (AvgIpc) is 3.04. The Hall–Kier alpha value is -2.14. The van der Waals surface area contributed by atoms with E-state index in [0.717, 1.165) is 34.9 Å². The highest BCUT2D eigenvalue weighted by Crippen LogP contribution is 2.31. The molecule has 0 saturated heterocycles. The van der Waals surface area contributed by atoms with Gasteiger partial charge in [-0.2, -0.15) is 0 Å². The van der Waals surface area contributed by atoms with Crippen LogP contribution in [-0.2, 0) is 0 Å². The van der Waals surface area contributed by atoms with Gasteiger partial charge < -0.3 is 9.73 Å². The Morgan fingerprint density at radius 2 is 2.00 bits per heavy atom. The molecule has 0 radical (unpaired) electrons. The lowest BCUT2D eigenvalue weighted by Gasteiger charge is -2.29. The lowest BCUT2D eigenvalue weighted by molar-refractivity contribution is 0.0914. The van der Waals surface area contributed by atoms with Crippen molar-refractivity contribution in [1.29, 1.82) is 0 Å². The normalized spacial score (nSPS) is 20.9. The number of benzene rings is 1. The Bertz CT molecular complexity index is 1020. The summed E-state index contributed by atoms with van der Waals surface area (Å²) in [5, 5.41) is 4.55. The van der Waals surface area contributed by atoms with Gasteiger partial charge in [-0.25, -0.2) is 4.79 Å². The number of carbonyl (C=O) groups is 1. The highest BCUT2D eigenvalue weighted by Gasteiger charge is 2.24. The van der Waals surface area contributed by atoms with Gasteiger partial charge in [-0.3, -0.25) is 4.79 Å². The van der Waals surface area contributed by atoms with Crippen LogP contribution in [0.2, 0.25) is 0 Å². The lowest BCUT2D eigenvalue weighted by atomic mass is 9.86. The molecule has 0 spiro atoms.